The highest BCUT2D eigenvalue weighted by Crippen LogP contribution is 2.22. The van der Waals surface area contributed by atoms with E-state index in [0.717, 1.165) is 28.1 Å². The zero-order valence-corrected chi connectivity index (χ0v) is 21.3. The normalized spacial score (nSPS) is 17.8. The van der Waals surface area contributed by atoms with Crippen molar-refractivity contribution in [1.29, 1.82) is 0 Å². The van der Waals surface area contributed by atoms with Crippen LogP contribution in [-0.2, 0) is 25.9 Å². The topological polar surface area (TPSA) is 131 Å². The fourth-order valence-corrected chi connectivity index (χ4v) is 5.60. The van der Waals surface area contributed by atoms with Gasteiger partial charge in [-0.2, -0.15) is 4.31 Å². The summed E-state index contributed by atoms with van der Waals surface area (Å²) >= 11 is 0. The molecule has 1 heterocycles. The lowest BCUT2D eigenvalue weighted by Gasteiger charge is -2.30. The summed E-state index contributed by atoms with van der Waals surface area (Å²) in [5.74, 6) is -0.791. The molecule has 36 heavy (non-hydrogen) atoms. The molecule has 0 aromatic heterocycles. The van der Waals surface area contributed by atoms with Crippen molar-refractivity contribution in [3.8, 4) is 0 Å². The van der Waals surface area contributed by atoms with E-state index in [1.165, 1.54) is 0 Å². The molecule has 2 aromatic rings. The van der Waals surface area contributed by atoms with E-state index in [-0.39, 0.29) is 42.1 Å². The molecule has 0 bridgehead atoms. The Balaban J connectivity index is 1.82. The van der Waals surface area contributed by atoms with E-state index >= 15 is 0 Å². The number of carbonyl (C=O) groups is 1. The summed E-state index contributed by atoms with van der Waals surface area (Å²) in [4.78, 5) is 12.4. The number of nitrogens with zero attached hydrogens (tertiary/aromatic N) is 1. The quantitative estimate of drug-likeness (QED) is 0.386. The Hall–Kier alpha value is -2.73. The number of benzene rings is 2. The van der Waals surface area contributed by atoms with Gasteiger partial charge in [0.15, 0.2) is 0 Å². The van der Waals surface area contributed by atoms with Gasteiger partial charge in [-0.15, -0.1) is 0 Å². The Morgan fingerprint density at radius 3 is 2.58 bits per heavy atom. The molecule has 0 unspecified atom stereocenters. The minimum atomic E-state index is -4.12. The number of aliphatic hydroxyl groups excluding tert-OH is 1. The van der Waals surface area contributed by atoms with Gasteiger partial charge in [0.1, 0.15) is 11.9 Å². The lowest BCUT2D eigenvalue weighted by Crippen LogP contribution is -2.51. The van der Waals surface area contributed by atoms with Crippen LogP contribution in [0.4, 0.5) is 14.9 Å². The van der Waals surface area contributed by atoms with Crippen LogP contribution >= 0.6 is 0 Å². The number of amides is 1. The van der Waals surface area contributed by atoms with Gasteiger partial charge in [0, 0.05) is 19.5 Å². The molecule has 3 atom stereocenters. The zero-order valence-electron chi connectivity index (χ0n) is 20.5. The SMILES string of the molecule is CC(C)CN(C[C@@H](O)[C@H](Cc1ccccc1)NC(=O)O[C@H]1CCOC1)S(=O)(=O)c1ccc(F)c(N)c1. The van der Waals surface area contributed by atoms with E-state index in [1.54, 1.807) is 0 Å². The third-order valence-electron chi connectivity index (χ3n) is 5.79. The number of ether oxygens (including phenoxy) is 2. The van der Waals surface area contributed by atoms with Gasteiger partial charge in [-0.05, 0) is 36.1 Å². The van der Waals surface area contributed by atoms with Crippen molar-refractivity contribution in [2.24, 2.45) is 5.92 Å². The largest absolute Gasteiger partial charge is 0.444 e. The molecule has 1 aliphatic rings. The van der Waals surface area contributed by atoms with Crippen LogP contribution in [-0.4, -0.2) is 68.5 Å². The van der Waals surface area contributed by atoms with E-state index in [0.29, 0.717) is 19.6 Å². The van der Waals surface area contributed by atoms with Crippen molar-refractivity contribution in [2.45, 2.75) is 49.8 Å². The number of nitrogen functional groups attached to an aromatic ring is 1. The first-order chi connectivity index (χ1) is 17.1. The number of nitrogens with two attached hydrogens (primary N) is 1. The molecule has 3 rings (SSSR count). The van der Waals surface area contributed by atoms with E-state index in [4.69, 9.17) is 15.2 Å². The number of hydrogen-bond acceptors (Lipinski definition) is 7. The van der Waals surface area contributed by atoms with Crippen molar-refractivity contribution in [2.75, 3.05) is 32.0 Å². The van der Waals surface area contributed by atoms with E-state index < -0.39 is 34.1 Å². The highest BCUT2D eigenvalue weighted by Gasteiger charge is 2.32. The molecule has 0 radical (unpaired) electrons. The maximum atomic E-state index is 13.7. The number of nitrogens with one attached hydrogen (secondary N) is 1. The van der Waals surface area contributed by atoms with Crippen molar-refractivity contribution < 1.29 is 32.2 Å². The fourth-order valence-electron chi connectivity index (χ4n) is 3.94. The first-order valence-electron chi connectivity index (χ1n) is 11.9. The van der Waals surface area contributed by atoms with Gasteiger partial charge < -0.3 is 25.6 Å². The Kier molecular flexibility index (Phi) is 9.66. The van der Waals surface area contributed by atoms with E-state index in [1.807, 2.05) is 44.2 Å². The van der Waals surface area contributed by atoms with Gasteiger partial charge in [0.05, 0.1) is 35.9 Å². The van der Waals surface area contributed by atoms with Crippen LogP contribution in [0.5, 0.6) is 0 Å². The van der Waals surface area contributed by atoms with Crippen molar-refractivity contribution in [1.82, 2.24) is 9.62 Å². The minimum absolute atomic E-state index is 0.0716. The van der Waals surface area contributed by atoms with Gasteiger partial charge in [-0.1, -0.05) is 44.2 Å². The Bertz CT molecular complexity index is 1110. The number of carbonyl (C=O) groups excluding carboxylic acids is 1. The monoisotopic (exact) mass is 523 g/mol. The third kappa shape index (κ3) is 7.63. The molecule has 4 N–H and O–H groups in total. The number of aliphatic hydroxyl groups is 1. The molecule has 1 saturated heterocycles. The van der Waals surface area contributed by atoms with Gasteiger partial charge >= 0.3 is 6.09 Å². The fraction of sp³-hybridized carbons (Fsp3) is 0.480. The molecule has 1 fully saturated rings. The number of alkyl carbamates (subject to hydrolysis) is 1. The third-order valence-corrected chi connectivity index (χ3v) is 7.62. The average Bonchev–Trinajstić information content (AvgIpc) is 3.33. The van der Waals surface area contributed by atoms with Gasteiger partial charge in [-0.25, -0.2) is 17.6 Å². The highest BCUT2D eigenvalue weighted by molar-refractivity contribution is 7.89. The van der Waals surface area contributed by atoms with E-state index in [9.17, 15) is 22.7 Å². The highest BCUT2D eigenvalue weighted by atomic mass is 32.2. The first-order valence-corrected chi connectivity index (χ1v) is 13.3. The lowest BCUT2D eigenvalue weighted by molar-refractivity contribution is 0.0644. The molecule has 9 nitrogen and oxygen atoms in total. The molecule has 0 saturated carbocycles. The number of rotatable bonds is 11. The van der Waals surface area contributed by atoms with Gasteiger partial charge in [0.25, 0.3) is 0 Å². The molecule has 0 spiro atoms. The van der Waals surface area contributed by atoms with Crippen LogP contribution in [0.15, 0.2) is 53.4 Å². The maximum absolute atomic E-state index is 13.7. The number of hydrogen-bond donors (Lipinski definition) is 3. The Morgan fingerprint density at radius 2 is 1.97 bits per heavy atom. The summed E-state index contributed by atoms with van der Waals surface area (Å²) in [5.41, 5.74) is 6.15. The summed E-state index contributed by atoms with van der Waals surface area (Å²) < 4.78 is 52.2. The summed E-state index contributed by atoms with van der Waals surface area (Å²) in [6.07, 6.45) is -1.53. The smallest absolute Gasteiger partial charge is 0.407 e. The molecular weight excluding hydrogens is 489 g/mol. The maximum Gasteiger partial charge on any atom is 0.407 e. The summed E-state index contributed by atoms with van der Waals surface area (Å²) in [6, 6.07) is 11.6. The van der Waals surface area contributed by atoms with E-state index in [2.05, 4.69) is 5.32 Å². The summed E-state index contributed by atoms with van der Waals surface area (Å²) in [5, 5.41) is 13.9. The molecule has 0 aliphatic carbocycles. The second-order valence-corrected chi connectivity index (χ2v) is 11.2. The molecule has 2 aromatic carbocycles. The number of anilines is 1. The Labute approximate surface area is 211 Å². The molecular formula is C25H34FN3O6S. The minimum Gasteiger partial charge on any atom is -0.444 e. The zero-order chi connectivity index (χ0) is 26.3. The average molecular weight is 524 g/mol. The number of halogens is 1. The predicted octanol–water partition coefficient (Wildman–Crippen LogP) is 2.54. The first kappa shape index (κ1) is 27.9. The molecule has 11 heteroatoms. The molecule has 1 amide bonds. The number of sulfonamides is 1. The second kappa shape index (κ2) is 12.5. The Morgan fingerprint density at radius 1 is 1.25 bits per heavy atom. The lowest BCUT2D eigenvalue weighted by atomic mass is 10.0. The van der Waals surface area contributed by atoms with Crippen LogP contribution < -0.4 is 11.1 Å². The van der Waals surface area contributed by atoms with Gasteiger partial charge in [-0.3, -0.25) is 0 Å². The predicted molar refractivity (Wildman–Crippen MR) is 133 cm³/mol. The molecule has 1 aliphatic heterocycles. The van der Waals surface area contributed by atoms with Crippen LogP contribution in [0.2, 0.25) is 0 Å². The van der Waals surface area contributed by atoms with Crippen LogP contribution in [0.25, 0.3) is 0 Å². The van der Waals surface area contributed by atoms with Crippen LogP contribution in [0, 0.1) is 11.7 Å². The van der Waals surface area contributed by atoms with Gasteiger partial charge in [0.2, 0.25) is 10.0 Å². The second-order valence-electron chi connectivity index (χ2n) is 9.30. The summed E-state index contributed by atoms with van der Waals surface area (Å²) in [7, 11) is -4.12. The van der Waals surface area contributed by atoms with Crippen LogP contribution in [0.1, 0.15) is 25.8 Å². The molecule has 198 valence electrons. The van der Waals surface area contributed by atoms with Crippen molar-refractivity contribution in [3.05, 3.63) is 59.9 Å². The summed E-state index contributed by atoms with van der Waals surface area (Å²) in [6.45, 7) is 4.29. The van der Waals surface area contributed by atoms with Crippen molar-refractivity contribution in [3.63, 3.8) is 0 Å². The van der Waals surface area contributed by atoms with Crippen LogP contribution in [0.3, 0.4) is 0 Å². The standard InChI is InChI=1S/C25H34FN3O6S/c1-17(2)14-29(36(32,33)20-8-9-21(26)22(27)13-20)15-24(30)23(12-18-6-4-3-5-7-18)28-25(31)35-19-10-11-34-16-19/h3-9,13,17,19,23-24,30H,10-12,14-16,27H2,1-2H3,(H,28,31)/t19-,23-,24+/m0/s1. The van der Waals surface area contributed by atoms with Crippen molar-refractivity contribution >= 4 is 21.8 Å².